The van der Waals surface area contributed by atoms with Crippen LogP contribution in [0.1, 0.15) is 168 Å². The summed E-state index contributed by atoms with van der Waals surface area (Å²) in [6.45, 7) is 1.91. The van der Waals surface area contributed by atoms with Gasteiger partial charge in [0.1, 0.15) is 30.7 Å². The van der Waals surface area contributed by atoms with Crippen LogP contribution in [0.15, 0.2) is 77.8 Å². The molecular formula is C50H81N3O16P2. The lowest BCUT2D eigenvalue weighted by atomic mass is 10.1. The normalized spacial score (nSPS) is 19.6. The average Bonchev–Trinajstić information content (AvgIpc) is 3.60. The molecule has 71 heavy (non-hydrogen) atoms. The highest BCUT2D eigenvalue weighted by Gasteiger charge is 2.46. The number of hydrogen-bond acceptors (Lipinski definition) is 16. The fourth-order valence-corrected chi connectivity index (χ4v) is 9.19. The molecule has 1 saturated heterocycles. The second-order valence-corrected chi connectivity index (χ2v) is 20.4. The van der Waals surface area contributed by atoms with E-state index in [2.05, 4.69) is 35.3 Å². The first-order valence-corrected chi connectivity index (χ1v) is 28.2. The molecule has 2 unspecified atom stereocenters. The van der Waals surface area contributed by atoms with Crippen LogP contribution >= 0.6 is 15.6 Å². The van der Waals surface area contributed by atoms with Crippen LogP contribution in [0.5, 0.6) is 0 Å². The van der Waals surface area contributed by atoms with Crippen LogP contribution in [0.4, 0.5) is 5.82 Å². The maximum Gasteiger partial charge on any atom is 0.481 e. The number of ketones is 1. The second kappa shape index (κ2) is 37.8. The van der Waals surface area contributed by atoms with Crippen molar-refractivity contribution in [2.45, 2.75) is 192 Å². The highest BCUT2D eigenvalue weighted by molar-refractivity contribution is 7.61. The predicted octanol–water partition coefficient (Wildman–Crippen LogP) is 9.51. The quantitative estimate of drug-likeness (QED) is 0.0102. The summed E-state index contributed by atoms with van der Waals surface area (Å²) < 4.78 is 56.6. The molecule has 0 spiro atoms. The average molecular weight is 1040 g/mol. The van der Waals surface area contributed by atoms with E-state index in [1.54, 1.807) is 12.2 Å². The van der Waals surface area contributed by atoms with E-state index >= 15 is 0 Å². The van der Waals surface area contributed by atoms with Crippen molar-refractivity contribution in [1.82, 2.24) is 9.55 Å². The zero-order chi connectivity index (χ0) is 52.2. The van der Waals surface area contributed by atoms with Crippen LogP contribution in [0.3, 0.4) is 0 Å². The molecule has 21 heteroatoms. The number of unbranched alkanes of at least 4 members (excludes halogenated alkanes) is 14. The number of allylic oxidation sites excluding steroid dienone is 10. The molecule has 0 bridgehead atoms. The third-order valence-corrected chi connectivity index (χ3v) is 13.7. The molecular weight excluding hydrogens is 961 g/mol. The highest BCUT2D eigenvalue weighted by atomic mass is 31.3. The second-order valence-electron chi connectivity index (χ2n) is 17.3. The SMILES string of the molecule is CCCCCC/C=C\CCCCCCCCCC(=O)OC[C@H](COP(=O)(O)OP(=O)(O)OC[C@H]1O[C@@H](n2ccc(N)nc2=O)[C@H](O)[C@@H]1O)OC(=O)CCC/C=C\C/C=C\C/C=C\C=C\C(=O)CCCCC. The van der Waals surface area contributed by atoms with Gasteiger partial charge in [-0.1, -0.05) is 133 Å². The molecule has 6 N–H and O–H groups in total. The highest BCUT2D eigenvalue weighted by Crippen LogP contribution is 2.60. The van der Waals surface area contributed by atoms with Gasteiger partial charge in [-0.25, -0.2) is 13.9 Å². The van der Waals surface area contributed by atoms with Gasteiger partial charge in [0.25, 0.3) is 0 Å². The lowest BCUT2D eigenvalue weighted by Gasteiger charge is -2.21. The number of anilines is 1. The zero-order valence-corrected chi connectivity index (χ0v) is 43.5. The van der Waals surface area contributed by atoms with Gasteiger partial charge in [-0.2, -0.15) is 9.29 Å². The molecule has 1 aromatic heterocycles. The van der Waals surface area contributed by atoms with Gasteiger partial charge < -0.3 is 39.9 Å². The number of ether oxygens (including phenoxy) is 3. The number of carbonyl (C=O) groups excluding carboxylic acids is 3. The van der Waals surface area contributed by atoms with E-state index in [-0.39, 0.29) is 24.4 Å². The summed E-state index contributed by atoms with van der Waals surface area (Å²) in [5, 5.41) is 20.9. The molecule has 7 atom stereocenters. The Morgan fingerprint density at radius 3 is 1.97 bits per heavy atom. The standard InChI is InChI=1S/C50H81N3O16P2/c1-3-5-7-8-9-10-11-12-13-14-17-20-23-26-30-34-45(55)64-38-42(67-46(56)35-31-27-24-21-18-15-16-19-22-25-29-33-41(54)32-28-6-4-2)39-65-70(60,61)69-71(62,63)66-40-43-47(57)48(58)49(68-43)53-37-36-44(51)52-50(53)59/h10-11,15-16,21-22,24-25,29,33,36-37,42-43,47-49,57-58H,3-9,12-14,17-20,23,26-28,30-32,34-35,38-40H2,1-2H3,(H,60,61)(H,62,63)(H2,51,52,59)/b11-10-,16-15-,24-21-,25-22-,33-29+/t42-,43-,47-,48-,49-/m1/s1. The van der Waals surface area contributed by atoms with Crippen LogP contribution in [-0.2, 0) is 51.1 Å². The Balaban J connectivity index is 1.84. The Bertz CT molecular complexity index is 1990. The fourth-order valence-electron chi connectivity index (χ4n) is 7.08. The minimum absolute atomic E-state index is 0.0546. The lowest BCUT2D eigenvalue weighted by molar-refractivity contribution is -0.161. The first-order chi connectivity index (χ1) is 34.1. The smallest absolute Gasteiger partial charge is 0.462 e. The monoisotopic (exact) mass is 1040 g/mol. The van der Waals surface area contributed by atoms with E-state index < -0.39 is 83.7 Å². The molecule has 19 nitrogen and oxygen atoms in total. The molecule has 1 aliphatic heterocycles. The van der Waals surface area contributed by atoms with Crippen molar-refractivity contribution in [2.24, 2.45) is 0 Å². The van der Waals surface area contributed by atoms with E-state index in [0.717, 1.165) is 81.4 Å². The van der Waals surface area contributed by atoms with Crippen molar-refractivity contribution in [1.29, 1.82) is 0 Å². The third-order valence-electron chi connectivity index (χ3n) is 11.1. The summed E-state index contributed by atoms with van der Waals surface area (Å²) in [5.74, 6) is -1.29. The van der Waals surface area contributed by atoms with Crippen LogP contribution in [0.25, 0.3) is 0 Å². The van der Waals surface area contributed by atoms with E-state index in [0.29, 0.717) is 38.5 Å². The van der Waals surface area contributed by atoms with E-state index in [9.17, 15) is 48.3 Å². The number of nitrogens with zero attached hydrogens (tertiary/aromatic N) is 2. The fraction of sp³-hybridized carbons (Fsp3) is 0.660. The Morgan fingerprint density at radius 1 is 0.718 bits per heavy atom. The Hall–Kier alpha value is -3.87. The molecule has 1 aromatic rings. The van der Waals surface area contributed by atoms with Gasteiger partial charge in [0.2, 0.25) is 0 Å². The summed E-state index contributed by atoms with van der Waals surface area (Å²) in [6.07, 6.45) is 32.9. The zero-order valence-electron chi connectivity index (χ0n) is 41.8. The van der Waals surface area contributed by atoms with Gasteiger partial charge in [-0.15, -0.1) is 0 Å². The van der Waals surface area contributed by atoms with Gasteiger partial charge in [0.05, 0.1) is 13.2 Å². The molecule has 402 valence electrons. The topological polar surface area (TPSA) is 283 Å². The van der Waals surface area contributed by atoms with Crippen LogP contribution in [0, 0.1) is 0 Å². The lowest BCUT2D eigenvalue weighted by Crippen LogP contribution is -2.36. The van der Waals surface area contributed by atoms with Gasteiger partial charge in [-0.3, -0.25) is 28.0 Å². The number of phosphoric acid groups is 2. The van der Waals surface area contributed by atoms with Crippen LogP contribution in [0.2, 0.25) is 0 Å². The largest absolute Gasteiger partial charge is 0.481 e. The van der Waals surface area contributed by atoms with Gasteiger partial charge >= 0.3 is 33.3 Å². The third kappa shape index (κ3) is 30.7. The Labute approximate surface area is 419 Å². The van der Waals surface area contributed by atoms with E-state index in [4.69, 9.17) is 29.0 Å². The Morgan fingerprint density at radius 2 is 1.28 bits per heavy atom. The summed E-state index contributed by atoms with van der Waals surface area (Å²) in [6, 6.07) is 1.24. The maximum absolute atomic E-state index is 12.8. The summed E-state index contributed by atoms with van der Waals surface area (Å²) in [7, 11) is -10.9. The number of aromatic nitrogens is 2. The van der Waals surface area contributed by atoms with Gasteiger partial charge in [0, 0.05) is 25.5 Å². The molecule has 2 rings (SSSR count). The van der Waals surface area contributed by atoms with Crippen molar-refractivity contribution >= 4 is 39.2 Å². The first kappa shape index (κ1) is 63.2. The van der Waals surface area contributed by atoms with E-state index in [1.807, 2.05) is 36.5 Å². The molecule has 1 aliphatic rings. The number of aliphatic hydroxyl groups excluding tert-OH is 2. The van der Waals surface area contributed by atoms with Crippen molar-refractivity contribution in [2.75, 3.05) is 25.6 Å². The number of carbonyl (C=O) groups is 3. The number of phosphoric ester groups is 2. The van der Waals surface area contributed by atoms with Crippen molar-refractivity contribution < 1.29 is 71.1 Å². The molecule has 1 fully saturated rings. The molecule has 0 aliphatic carbocycles. The minimum atomic E-state index is -5.45. The Kier molecular flexibility index (Phi) is 33.7. The number of aliphatic hydroxyl groups is 2. The summed E-state index contributed by atoms with van der Waals surface area (Å²) in [5.41, 5.74) is 4.57. The molecule has 0 aromatic carbocycles. The van der Waals surface area contributed by atoms with Crippen LogP contribution in [-0.4, -0.2) is 91.5 Å². The number of hydrogen-bond donors (Lipinski definition) is 5. The number of rotatable bonds is 41. The van der Waals surface area contributed by atoms with E-state index in [1.165, 1.54) is 31.7 Å². The molecule has 2 heterocycles. The van der Waals surface area contributed by atoms with Crippen molar-refractivity contribution in [3.8, 4) is 0 Å². The molecule has 0 saturated carbocycles. The van der Waals surface area contributed by atoms with Crippen LogP contribution < -0.4 is 11.4 Å². The predicted molar refractivity (Wildman–Crippen MR) is 271 cm³/mol. The maximum atomic E-state index is 12.8. The van der Waals surface area contributed by atoms with Gasteiger partial charge in [0.15, 0.2) is 18.1 Å². The van der Waals surface area contributed by atoms with Gasteiger partial charge in [-0.05, 0) is 76.4 Å². The first-order valence-electron chi connectivity index (χ1n) is 25.3. The number of nitrogen functional groups attached to an aromatic ring is 1. The summed E-state index contributed by atoms with van der Waals surface area (Å²) >= 11 is 0. The molecule has 0 radical (unpaired) electrons. The van der Waals surface area contributed by atoms with Crippen molar-refractivity contribution in [3.05, 3.63) is 83.5 Å². The number of esters is 2. The summed E-state index contributed by atoms with van der Waals surface area (Å²) in [4.78, 5) is 73.6. The minimum Gasteiger partial charge on any atom is -0.462 e. The van der Waals surface area contributed by atoms with Crippen molar-refractivity contribution in [3.63, 3.8) is 0 Å². The molecule has 0 amide bonds. The number of nitrogens with two attached hydrogens (primary N) is 1.